The van der Waals surface area contributed by atoms with Crippen molar-refractivity contribution < 1.29 is 48.0 Å². The minimum absolute atomic E-state index is 0.0187. The lowest BCUT2D eigenvalue weighted by Crippen LogP contribution is -2.51. The van der Waals surface area contributed by atoms with E-state index in [1.54, 1.807) is 71.3 Å². The number of carbonyl (C=O) groups excluding carboxylic acids is 5. The van der Waals surface area contributed by atoms with Gasteiger partial charge < -0.3 is 39.2 Å². The third-order valence-corrected chi connectivity index (χ3v) is 8.01. The number of nitrogens with zero attached hydrogens (tertiary/aromatic N) is 2. The summed E-state index contributed by atoms with van der Waals surface area (Å²) < 4.78 is 22.6. The highest BCUT2D eigenvalue weighted by molar-refractivity contribution is 5.98. The van der Waals surface area contributed by atoms with Gasteiger partial charge in [0, 0.05) is 45.1 Å². The average Bonchev–Trinajstić information content (AvgIpc) is 3.71. The second kappa shape index (κ2) is 15.7. The first-order valence-corrected chi connectivity index (χ1v) is 15.8. The predicted octanol–water partition coefficient (Wildman–Crippen LogP) is 1.98. The lowest BCUT2D eigenvalue weighted by Gasteiger charge is -2.33. The maximum Gasteiger partial charge on any atom is 0.338 e. The fraction of sp³-hybridized carbons (Fsp3) is 0.559. The van der Waals surface area contributed by atoms with Gasteiger partial charge in [-0.1, -0.05) is 12.1 Å². The zero-order valence-electron chi connectivity index (χ0n) is 27.6. The molecule has 1 aromatic rings. The quantitative estimate of drug-likeness (QED) is 0.267. The summed E-state index contributed by atoms with van der Waals surface area (Å²) in [6, 6.07) is 5.19. The highest BCUT2D eigenvalue weighted by Crippen LogP contribution is 2.33. The van der Waals surface area contributed by atoms with E-state index in [0.29, 0.717) is 30.5 Å². The average molecular weight is 656 g/mol. The van der Waals surface area contributed by atoms with Gasteiger partial charge in [0.05, 0.1) is 18.2 Å². The van der Waals surface area contributed by atoms with Crippen molar-refractivity contribution in [3.05, 3.63) is 53.1 Å². The Kier molecular flexibility index (Phi) is 11.9. The van der Waals surface area contributed by atoms with Crippen LogP contribution >= 0.6 is 0 Å². The van der Waals surface area contributed by atoms with Crippen molar-refractivity contribution in [1.29, 1.82) is 0 Å². The van der Waals surface area contributed by atoms with Crippen molar-refractivity contribution in [2.45, 2.75) is 88.9 Å². The van der Waals surface area contributed by atoms with E-state index in [9.17, 15) is 29.1 Å². The molecule has 0 radical (unpaired) electrons. The van der Waals surface area contributed by atoms with E-state index in [0.717, 1.165) is 0 Å². The summed E-state index contributed by atoms with van der Waals surface area (Å²) in [7, 11) is 3.28. The van der Waals surface area contributed by atoms with Gasteiger partial charge in [-0.25, -0.2) is 4.79 Å². The topological polar surface area (TPSA) is 161 Å². The number of carbonyl (C=O) groups is 5. The van der Waals surface area contributed by atoms with Crippen molar-refractivity contribution in [2.24, 2.45) is 0 Å². The van der Waals surface area contributed by atoms with Crippen LogP contribution in [0.5, 0.6) is 0 Å². The van der Waals surface area contributed by atoms with Gasteiger partial charge in [0.1, 0.15) is 36.7 Å². The molecule has 0 spiro atoms. The second-order valence-electron chi connectivity index (χ2n) is 13.1. The maximum absolute atomic E-state index is 13.8. The van der Waals surface area contributed by atoms with Gasteiger partial charge in [-0.2, -0.15) is 0 Å². The molecule has 13 nitrogen and oxygen atoms in total. The van der Waals surface area contributed by atoms with E-state index in [4.69, 9.17) is 18.9 Å². The Morgan fingerprint density at radius 2 is 1.94 bits per heavy atom. The second-order valence-corrected chi connectivity index (χ2v) is 13.1. The summed E-state index contributed by atoms with van der Waals surface area (Å²) in [4.78, 5) is 67.3. The van der Waals surface area contributed by atoms with E-state index >= 15 is 0 Å². The van der Waals surface area contributed by atoms with Crippen LogP contribution in [-0.2, 0) is 38.1 Å². The lowest BCUT2D eigenvalue weighted by atomic mass is 9.91. The molecule has 256 valence electrons. The van der Waals surface area contributed by atoms with Crippen molar-refractivity contribution >= 4 is 35.7 Å². The monoisotopic (exact) mass is 655 g/mol. The van der Waals surface area contributed by atoms with E-state index in [2.05, 4.69) is 5.32 Å². The molecule has 0 bridgehead atoms. The first kappa shape index (κ1) is 35.8. The number of hydrogen-bond donors (Lipinski definition) is 2. The predicted molar refractivity (Wildman–Crippen MR) is 170 cm³/mol. The number of aliphatic hydroxyl groups excluding tert-OH is 1. The van der Waals surface area contributed by atoms with Gasteiger partial charge in [-0.15, -0.1) is 0 Å². The van der Waals surface area contributed by atoms with Crippen molar-refractivity contribution in [3.8, 4) is 0 Å². The molecule has 1 aliphatic carbocycles. The highest BCUT2D eigenvalue weighted by Gasteiger charge is 2.45. The van der Waals surface area contributed by atoms with E-state index in [-0.39, 0.29) is 50.0 Å². The number of nitrogens with one attached hydrogen (secondary N) is 1. The molecule has 2 aliphatic heterocycles. The summed E-state index contributed by atoms with van der Waals surface area (Å²) in [6.07, 6.45) is 3.94. The number of aliphatic hydroxyl groups is 1. The van der Waals surface area contributed by atoms with Gasteiger partial charge in [0.2, 0.25) is 17.7 Å². The van der Waals surface area contributed by atoms with Crippen LogP contribution in [0.4, 0.5) is 0 Å². The van der Waals surface area contributed by atoms with Crippen LogP contribution < -0.4 is 5.32 Å². The minimum Gasteiger partial charge on any atom is -0.460 e. The summed E-state index contributed by atoms with van der Waals surface area (Å²) >= 11 is 0. The third-order valence-electron chi connectivity index (χ3n) is 8.01. The van der Waals surface area contributed by atoms with E-state index < -0.39 is 53.8 Å². The first-order valence-electron chi connectivity index (χ1n) is 15.8. The van der Waals surface area contributed by atoms with Gasteiger partial charge >= 0.3 is 11.9 Å². The van der Waals surface area contributed by atoms with Crippen LogP contribution in [0.2, 0.25) is 0 Å². The summed E-state index contributed by atoms with van der Waals surface area (Å²) in [5.74, 6) is -2.04. The Labute approximate surface area is 274 Å². The Morgan fingerprint density at radius 1 is 1.17 bits per heavy atom. The molecule has 2 heterocycles. The van der Waals surface area contributed by atoms with Gasteiger partial charge in [0.15, 0.2) is 0 Å². The van der Waals surface area contributed by atoms with Crippen LogP contribution in [0.1, 0.15) is 68.8 Å². The molecule has 1 aromatic carbocycles. The number of ether oxygens (including phenoxy) is 4. The number of benzene rings is 1. The molecule has 2 N–H and O–H groups in total. The Morgan fingerprint density at radius 3 is 2.64 bits per heavy atom. The standard InChI is InChI=1S/C34H45N3O10/c1-34(2,3)47-29(40)14-12-24(19-38)35-31(41)25-10-7-15-37(25)32(42)23-17-26-30(45-20-44-26)27(18-23)46-33(43)22-9-6-8-21(16-22)11-13-28(39)36(4)5/h6,8-9,11,13,16-17,24-27,30,38H,7,10,12,14-15,18-20H2,1-5H3,(H,35,41). The van der Waals surface area contributed by atoms with Crippen LogP contribution in [0.15, 0.2) is 42.0 Å². The Bertz CT molecular complexity index is 1400. The van der Waals surface area contributed by atoms with Crippen LogP contribution in [0.3, 0.4) is 0 Å². The SMILES string of the molecule is CN(C)C(=O)C=Cc1cccc(C(=O)OC2CC(C(=O)N3CCCC3C(=O)NC(CO)CCC(=O)OC(C)(C)C)=CC3OCOC32)c1. The first-order chi connectivity index (χ1) is 22.3. The summed E-state index contributed by atoms with van der Waals surface area (Å²) in [5.41, 5.74) is 0.608. The fourth-order valence-electron chi connectivity index (χ4n) is 5.66. The smallest absolute Gasteiger partial charge is 0.338 e. The lowest BCUT2D eigenvalue weighted by molar-refractivity contribution is -0.155. The summed E-state index contributed by atoms with van der Waals surface area (Å²) in [5, 5.41) is 12.6. The molecule has 4 rings (SSSR count). The van der Waals surface area contributed by atoms with Gasteiger partial charge in [0.25, 0.3) is 0 Å². The van der Waals surface area contributed by atoms with Crippen molar-refractivity contribution in [1.82, 2.24) is 15.1 Å². The number of amides is 3. The largest absolute Gasteiger partial charge is 0.460 e. The molecule has 5 atom stereocenters. The molecule has 3 aliphatic rings. The highest BCUT2D eigenvalue weighted by atomic mass is 16.7. The Balaban J connectivity index is 1.40. The third kappa shape index (κ3) is 9.72. The van der Waals surface area contributed by atoms with Crippen molar-refractivity contribution in [3.63, 3.8) is 0 Å². The molecule has 47 heavy (non-hydrogen) atoms. The number of rotatable bonds is 11. The molecule has 3 amide bonds. The van der Waals surface area contributed by atoms with Crippen LogP contribution in [0, 0.1) is 0 Å². The maximum atomic E-state index is 13.8. The van der Waals surface area contributed by atoms with Gasteiger partial charge in [-0.05, 0) is 69.9 Å². The minimum atomic E-state index is -0.824. The van der Waals surface area contributed by atoms with Crippen molar-refractivity contribution in [2.75, 3.05) is 34.0 Å². The molecule has 5 unspecified atom stereocenters. The number of fused-ring (bicyclic) bond motifs is 1. The molecular formula is C34H45N3O10. The zero-order valence-corrected chi connectivity index (χ0v) is 27.6. The summed E-state index contributed by atoms with van der Waals surface area (Å²) in [6.45, 7) is 5.24. The van der Waals surface area contributed by atoms with Crippen LogP contribution in [0.25, 0.3) is 6.08 Å². The molecule has 2 saturated heterocycles. The molecule has 13 heteroatoms. The number of esters is 2. The molecular weight excluding hydrogens is 610 g/mol. The zero-order chi connectivity index (χ0) is 34.3. The van der Waals surface area contributed by atoms with E-state index in [1.807, 2.05) is 0 Å². The number of likely N-dealkylation sites (tertiary alicyclic amines) is 1. The Hall–Kier alpha value is -4.07. The normalized spacial score (nSPS) is 23.1. The van der Waals surface area contributed by atoms with E-state index in [1.165, 1.54) is 15.9 Å². The number of hydrogen-bond acceptors (Lipinski definition) is 10. The van der Waals surface area contributed by atoms with Gasteiger partial charge in [-0.3, -0.25) is 19.2 Å². The fourth-order valence-corrected chi connectivity index (χ4v) is 5.66. The molecule has 2 fully saturated rings. The van der Waals surface area contributed by atoms with Crippen LogP contribution in [-0.4, -0.2) is 115 Å². The number of likely N-dealkylation sites (N-methyl/N-ethyl adjacent to an activating group) is 1. The molecule has 0 aromatic heterocycles. The molecule has 0 saturated carbocycles.